The van der Waals surface area contributed by atoms with Crippen LogP contribution in [0.2, 0.25) is 0 Å². The van der Waals surface area contributed by atoms with E-state index in [1.165, 1.54) is 11.6 Å². The molecule has 0 spiro atoms. The fourth-order valence-electron chi connectivity index (χ4n) is 2.65. The van der Waals surface area contributed by atoms with E-state index in [2.05, 4.69) is 22.0 Å². The molecule has 0 saturated heterocycles. The van der Waals surface area contributed by atoms with E-state index in [9.17, 15) is 4.39 Å². The van der Waals surface area contributed by atoms with E-state index in [-0.39, 0.29) is 11.9 Å². The molecule has 1 aromatic carbocycles. The van der Waals surface area contributed by atoms with Crippen molar-refractivity contribution in [3.63, 3.8) is 0 Å². The van der Waals surface area contributed by atoms with Crippen LogP contribution >= 0.6 is 0 Å². The Kier molecular flexibility index (Phi) is 3.06. The van der Waals surface area contributed by atoms with Crippen LogP contribution in [-0.4, -0.2) is 21.6 Å². The van der Waals surface area contributed by atoms with Crippen LogP contribution in [0.1, 0.15) is 35.8 Å². The summed E-state index contributed by atoms with van der Waals surface area (Å²) in [5.41, 5.74) is 2.29. The fraction of sp³-hybridized carbons (Fsp3) is 0.429. The lowest BCUT2D eigenvalue weighted by Crippen LogP contribution is -2.33. The van der Waals surface area contributed by atoms with Crippen molar-refractivity contribution >= 4 is 0 Å². The van der Waals surface area contributed by atoms with E-state index in [1.807, 2.05) is 13.0 Å². The summed E-state index contributed by atoms with van der Waals surface area (Å²) in [6.07, 6.45) is 0.852. The van der Waals surface area contributed by atoms with Crippen LogP contribution in [0.4, 0.5) is 4.39 Å². The molecule has 0 aliphatic carbocycles. The summed E-state index contributed by atoms with van der Waals surface area (Å²) in [6, 6.07) is 5.27. The second-order valence-corrected chi connectivity index (χ2v) is 4.97. The molecule has 3 rings (SSSR count). The maximum atomic E-state index is 13.2. The minimum Gasteiger partial charge on any atom is -0.338 e. The van der Waals surface area contributed by atoms with Gasteiger partial charge in [0, 0.05) is 12.6 Å². The topological polar surface area (TPSA) is 42.2 Å². The number of fused-ring (bicyclic) bond motifs is 1. The molecule has 1 atom stereocenters. The number of halogens is 1. The summed E-state index contributed by atoms with van der Waals surface area (Å²) in [6.45, 7) is 5.45. The molecular weight excluding hydrogens is 245 g/mol. The lowest BCUT2D eigenvalue weighted by Gasteiger charge is -2.34. The molecule has 1 aliphatic heterocycles. The number of aromatic nitrogens is 2. The number of hydrogen-bond acceptors (Lipinski definition) is 4. The zero-order valence-electron chi connectivity index (χ0n) is 11.1. The normalized spacial score (nSPS) is 19.4. The fourth-order valence-corrected chi connectivity index (χ4v) is 2.65. The molecule has 19 heavy (non-hydrogen) atoms. The van der Waals surface area contributed by atoms with E-state index in [0.717, 1.165) is 18.5 Å². The van der Waals surface area contributed by atoms with Gasteiger partial charge in [0.05, 0.1) is 6.54 Å². The standard InChI is InChI=1S/C14H16FN3O/c1-9-13-4-3-12(15)7-11(13)5-6-18(9)8-14-16-10(2)17-19-14/h3-4,7,9H,5-6,8H2,1-2H3/t9-/m1/s1. The van der Waals surface area contributed by atoms with Crippen molar-refractivity contribution in [2.75, 3.05) is 6.54 Å². The second kappa shape index (κ2) is 4.74. The summed E-state index contributed by atoms with van der Waals surface area (Å²) in [7, 11) is 0. The minimum atomic E-state index is -0.160. The van der Waals surface area contributed by atoms with Crippen molar-refractivity contribution in [2.45, 2.75) is 32.9 Å². The zero-order chi connectivity index (χ0) is 13.4. The molecule has 0 unspecified atom stereocenters. The Balaban J connectivity index is 1.81. The number of rotatable bonds is 2. The predicted molar refractivity (Wildman–Crippen MR) is 68.0 cm³/mol. The average Bonchev–Trinajstić information content (AvgIpc) is 2.78. The van der Waals surface area contributed by atoms with Gasteiger partial charge in [-0.05, 0) is 43.5 Å². The van der Waals surface area contributed by atoms with Gasteiger partial charge in [-0.3, -0.25) is 4.90 Å². The van der Waals surface area contributed by atoms with Gasteiger partial charge in [-0.25, -0.2) is 4.39 Å². The lowest BCUT2D eigenvalue weighted by atomic mass is 9.93. The van der Waals surface area contributed by atoms with E-state index in [0.29, 0.717) is 18.3 Å². The van der Waals surface area contributed by atoms with Crippen molar-refractivity contribution in [2.24, 2.45) is 0 Å². The van der Waals surface area contributed by atoms with Crippen molar-refractivity contribution in [3.05, 3.63) is 46.9 Å². The van der Waals surface area contributed by atoms with Gasteiger partial charge in [-0.1, -0.05) is 11.2 Å². The van der Waals surface area contributed by atoms with Gasteiger partial charge >= 0.3 is 0 Å². The van der Waals surface area contributed by atoms with Gasteiger partial charge < -0.3 is 4.52 Å². The molecule has 0 fully saturated rings. The minimum absolute atomic E-state index is 0.160. The van der Waals surface area contributed by atoms with E-state index in [4.69, 9.17) is 4.52 Å². The third-order valence-electron chi connectivity index (χ3n) is 3.68. The Hall–Kier alpha value is -1.75. The maximum absolute atomic E-state index is 13.2. The average molecular weight is 261 g/mol. The van der Waals surface area contributed by atoms with E-state index >= 15 is 0 Å². The Morgan fingerprint density at radius 3 is 3.05 bits per heavy atom. The van der Waals surface area contributed by atoms with Gasteiger partial charge in [0.1, 0.15) is 5.82 Å². The first-order chi connectivity index (χ1) is 9.13. The van der Waals surface area contributed by atoms with Crippen molar-refractivity contribution in [3.8, 4) is 0 Å². The summed E-state index contributed by atoms with van der Waals surface area (Å²) in [5.74, 6) is 1.13. The van der Waals surface area contributed by atoms with Crippen LogP contribution in [0.15, 0.2) is 22.7 Å². The van der Waals surface area contributed by atoms with Gasteiger partial charge in [-0.2, -0.15) is 4.98 Å². The molecule has 0 bridgehead atoms. The molecular formula is C14H16FN3O. The van der Waals surface area contributed by atoms with Crippen LogP contribution in [-0.2, 0) is 13.0 Å². The number of aryl methyl sites for hydroxylation is 1. The molecule has 0 saturated carbocycles. The number of hydrogen-bond donors (Lipinski definition) is 0. The Bertz CT molecular complexity index is 596. The number of nitrogens with zero attached hydrogens (tertiary/aromatic N) is 3. The number of benzene rings is 1. The van der Waals surface area contributed by atoms with Crippen molar-refractivity contribution in [1.82, 2.24) is 15.0 Å². The van der Waals surface area contributed by atoms with Gasteiger partial charge in [0.15, 0.2) is 5.82 Å². The first kappa shape index (κ1) is 12.3. The zero-order valence-corrected chi connectivity index (χ0v) is 11.1. The molecule has 0 radical (unpaired) electrons. The Morgan fingerprint density at radius 1 is 1.47 bits per heavy atom. The first-order valence-electron chi connectivity index (χ1n) is 6.45. The van der Waals surface area contributed by atoms with Gasteiger partial charge in [-0.15, -0.1) is 0 Å². The smallest absolute Gasteiger partial charge is 0.240 e. The highest BCUT2D eigenvalue weighted by atomic mass is 19.1. The Labute approximate surface area is 111 Å². The molecule has 1 aromatic heterocycles. The molecule has 0 amide bonds. The van der Waals surface area contributed by atoms with E-state index in [1.54, 1.807) is 6.07 Å². The van der Waals surface area contributed by atoms with E-state index < -0.39 is 0 Å². The molecule has 2 aromatic rings. The largest absolute Gasteiger partial charge is 0.338 e. The Morgan fingerprint density at radius 2 is 2.32 bits per heavy atom. The molecule has 0 N–H and O–H groups in total. The monoisotopic (exact) mass is 261 g/mol. The molecule has 4 nitrogen and oxygen atoms in total. The highest BCUT2D eigenvalue weighted by Gasteiger charge is 2.25. The van der Waals surface area contributed by atoms with Crippen molar-refractivity contribution < 1.29 is 8.91 Å². The highest BCUT2D eigenvalue weighted by molar-refractivity contribution is 5.32. The summed E-state index contributed by atoms with van der Waals surface area (Å²) in [4.78, 5) is 6.50. The maximum Gasteiger partial charge on any atom is 0.240 e. The van der Waals surface area contributed by atoms with Crippen molar-refractivity contribution in [1.29, 1.82) is 0 Å². The third kappa shape index (κ3) is 2.38. The highest BCUT2D eigenvalue weighted by Crippen LogP contribution is 2.30. The molecule has 5 heteroatoms. The molecule has 1 aliphatic rings. The predicted octanol–water partition coefficient (Wildman–Crippen LogP) is 2.64. The summed E-state index contributed by atoms with van der Waals surface area (Å²) < 4.78 is 18.4. The summed E-state index contributed by atoms with van der Waals surface area (Å²) in [5, 5.41) is 3.80. The first-order valence-corrected chi connectivity index (χ1v) is 6.45. The summed E-state index contributed by atoms with van der Waals surface area (Å²) >= 11 is 0. The van der Waals surface area contributed by atoms with Gasteiger partial charge in [0.2, 0.25) is 5.89 Å². The molecule has 100 valence electrons. The van der Waals surface area contributed by atoms with Crippen LogP contribution in [0.5, 0.6) is 0 Å². The van der Waals surface area contributed by atoms with Crippen LogP contribution < -0.4 is 0 Å². The van der Waals surface area contributed by atoms with Crippen LogP contribution in [0.3, 0.4) is 0 Å². The second-order valence-electron chi connectivity index (χ2n) is 4.97. The van der Waals surface area contributed by atoms with Crippen LogP contribution in [0.25, 0.3) is 0 Å². The lowest BCUT2D eigenvalue weighted by molar-refractivity contribution is 0.165. The quantitative estimate of drug-likeness (QED) is 0.833. The van der Waals surface area contributed by atoms with Crippen LogP contribution in [0, 0.1) is 12.7 Å². The SMILES string of the molecule is Cc1noc(CN2CCc3cc(F)ccc3[C@H]2C)n1. The van der Waals surface area contributed by atoms with Gasteiger partial charge in [0.25, 0.3) is 0 Å². The molecule has 2 heterocycles. The third-order valence-corrected chi connectivity index (χ3v) is 3.68.